The van der Waals surface area contributed by atoms with Gasteiger partial charge in [-0.1, -0.05) is 31.5 Å². The third-order valence-electron chi connectivity index (χ3n) is 5.78. The van der Waals surface area contributed by atoms with Gasteiger partial charge in [0.25, 0.3) is 0 Å². The number of rotatable bonds is 8. The summed E-state index contributed by atoms with van der Waals surface area (Å²) in [5.41, 5.74) is 3.55. The van der Waals surface area contributed by atoms with E-state index in [1.165, 1.54) is 0 Å². The molecule has 0 spiro atoms. The Balaban J connectivity index is 2.01. The Morgan fingerprint density at radius 1 is 1.20 bits per heavy atom. The Kier molecular flexibility index (Phi) is 7.27. The number of ether oxygens (including phenoxy) is 1. The molecule has 1 aliphatic heterocycles. The fourth-order valence-corrected chi connectivity index (χ4v) is 4.22. The van der Waals surface area contributed by atoms with Gasteiger partial charge in [-0.05, 0) is 61.7 Å². The summed E-state index contributed by atoms with van der Waals surface area (Å²) in [6.07, 6.45) is 2.07. The smallest absolute Gasteiger partial charge is 0.304 e. The molecule has 1 aliphatic rings. The summed E-state index contributed by atoms with van der Waals surface area (Å²) in [4.78, 5) is 13.8. The Labute approximate surface area is 184 Å². The van der Waals surface area contributed by atoms with Gasteiger partial charge in [0, 0.05) is 41.9 Å². The average Bonchev–Trinajstić information content (AvgIpc) is 2.71. The second-order valence-electron chi connectivity index (χ2n) is 8.45. The number of nitrogens with zero attached hydrogens (tertiary/aromatic N) is 1. The van der Waals surface area contributed by atoms with E-state index in [2.05, 4.69) is 35.3 Å². The van der Waals surface area contributed by atoms with Crippen LogP contribution >= 0.6 is 11.6 Å². The summed E-state index contributed by atoms with van der Waals surface area (Å²) in [7, 11) is 0. The van der Waals surface area contributed by atoms with Crippen LogP contribution in [-0.2, 0) is 14.9 Å². The fraction of sp³-hybridized carbons (Fsp3) is 0.458. The van der Waals surface area contributed by atoms with Crippen molar-refractivity contribution in [3.05, 3.63) is 53.1 Å². The summed E-state index contributed by atoms with van der Waals surface area (Å²) in [6, 6.07) is 14.3. The third kappa shape index (κ3) is 5.46. The lowest BCUT2D eigenvalue weighted by Crippen LogP contribution is -2.39. The maximum atomic E-state index is 11.4. The highest BCUT2D eigenvalue weighted by molar-refractivity contribution is 6.30. The summed E-state index contributed by atoms with van der Waals surface area (Å²) in [5, 5.41) is 13.6. The molecular formula is C24H31ClN2O3. The van der Waals surface area contributed by atoms with E-state index in [1.54, 1.807) is 0 Å². The monoisotopic (exact) mass is 430 g/mol. The van der Waals surface area contributed by atoms with Gasteiger partial charge in [0.1, 0.15) is 0 Å². The van der Waals surface area contributed by atoms with Crippen molar-refractivity contribution >= 4 is 34.6 Å². The van der Waals surface area contributed by atoms with Gasteiger partial charge in [-0.3, -0.25) is 4.79 Å². The van der Waals surface area contributed by atoms with Crippen molar-refractivity contribution in [1.29, 1.82) is 0 Å². The topological polar surface area (TPSA) is 61.8 Å². The number of carbonyl (C=O) groups is 1. The Morgan fingerprint density at radius 2 is 1.87 bits per heavy atom. The molecule has 1 heterocycles. The molecule has 0 unspecified atom stereocenters. The van der Waals surface area contributed by atoms with Crippen LogP contribution in [0.1, 0.15) is 45.6 Å². The van der Waals surface area contributed by atoms with E-state index in [4.69, 9.17) is 16.3 Å². The molecule has 0 aromatic heterocycles. The zero-order chi connectivity index (χ0) is 21.7. The molecule has 2 N–H and O–H groups in total. The minimum Gasteiger partial charge on any atom is -0.481 e. The maximum Gasteiger partial charge on any atom is 0.304 e. The van der Waals surface area contributed by atoms with Crippen LogP contribution in [0.4, 0.5) is 17.1 Å². The Morgan fingerprint density at radius 3 is 2.47 bits per heavy atom. The molecule has 2 aromatic rings. The van der Waals surface area contributed by atoms with Gasteiger partial charge in [0.15, 0.2) is 0 Å². The van der Waals surface area contributed by atoms with Crippen LogP contribution < -0.4 is 10.2 Å². The van der Waals surface area contributed by atoms with Gasteiger partial charge in [0.05, 0.1) is 17.8 Å². The van der Waals surface area contributed by atoms with Crippen LogP contribution in [0.5, 0.6) is 0 Å². The molecule has 5 nitrogen and oxygen atoms in total. The van der Waals surface area contributed by atoms with Crippen LogP contribution in [0, 0.1) is 0 Å². The van der Waals surface area contributed by atoms with Crippen LogP contribution in [0.3, 0.4) is 0 Å². The van der Waals surface area contributed by atoms with Crippen LogP contribution in [0.25, 0.3) is 0 Å². The quantitative estimate of drug-likeness (QED) is 0.550. The lowest BCUT2D eigenvalue weighted by Gasteiger charge is -2.37. The standard InChI is InChI=1S/C24H31ClN2O3/c1-4-27(20-11-13-30-14-12-20)22-10-5-17(24(2,3)16-23(28)29)15-21(22)26-19-8-6-18(25)7-9-19/h5-10,15,20,26H,4,11-14,16H2,1-3H3,(H,28,29). The molecule has 162 valence electrons. The van der Waals surface area contributed by atoms with E-state index in [0.29, 0.717) is 11.1 Å². The van der Waals surface area contributed by atoms with Gasteiger partial charge >= 0.3 is 5.97 Å². The second kappa shape index (κ2) is 9.71. The molecule has 6 heteroatoms. The zero-order valence-electron chi connectivity index (χ0n) is 18.0. The van der Waals surface area contributed by atoms with Gasteiger partial charge in [-0.25, -0.2) is 0 Å². The van der Waals surface area contributed by atoms with Gasteiger partial charge in [0.2, 0.25) is 0 Å². The molecule has 0 bridgehead atoms. The third-order valence-corrected chi connectivity index (χ3v) is 6.03. The fourth-order valence-electron chi connectivity index (χ4n) is 4.10. The van der Waals surface area contributed by atoms with Crippen molar-refractivity contribution in [3.8, 4) is 0 Å². The van der Waals surface area contributed by atoms with E-state index in [-0.39, 0.29) is 6.42 Å². The SMILES string of the molecule is CCN(c1ccc(C(C)(C)CC(=O)O)cc1Nc1ccc(Cl)cc1)C1CCOCC1. The van der Waals surface area contributed by atoms with Crippen LogP contribution in [0.15, 0.2) is 42.5 Å². The molecule has 2 aromatic carbocycles. The van der Waals surface area contributed by atoms with E-state index >= 15 is 0 Å². The number of nitrogens with one attached hydrogen (secondary N) is 1. The molecule has 1 fully saturated rings. The summed E-state index contributed by atoms with van der Waals surface area (Å²) in [5.74, 6) is -0.798. The lowest BCUT2D eigenvalue weighted by molar-refractivity contribution is -0.138. The number of anilines is 3. The van der Waals surface area contributed by atoms with Gasteiger partial charge in [-0.2, -0.15) is 0 Å². The molecule has 1 saturated heterocycles. The molecule has 0 amide bonds. The minimum atomic E-state index is -0.798. The number of aliphatic carboxylic acids is 1. The Hall–Kier alpha value is -2.24. The summed E-state index contributed by atoms with van der Waals surface area (Å²) < 4.78 is 5.56. The number of hydrogen-bond donors (Lipinski definition) is 2. The van der Waals surface area contributed by atoms with Crippen molar-refractivity contribution in [2.75, 3.05) is 30.0 Å². The first-order valence-electron chi connectivity index (χ1n) is 10.5. The highest BCUT2D eigenvalue weighted by Crippen LogP contribution is 2.37. The van der Waals surface area contributed by atoms with Crippen molar-refractivity contribution in [2.24, 2.45) is 0 Å². The highest BCUT2D eigenvalue weighted by Gasteiger charge is 2.27. The van der Waals surface area contributed by atoms with E-state index < -0.39 is 11.4 Å². The summed E-state index contributed by atoms with van der Waals surface area (Å²) >= 11 is 6.05. The largest absolute Gasteiger partial charge is 0.481 e. The molecule has 3 rings (SSSR count). The molecule has 0 radical (unpaired) electrons. The number of halogens is 1. The first-order chi connectivity index (χ1) is 14.3. The predicted octanol–water partition coefficient (Wildman–Crippen LogP) is 5.84. The van der Waals surface area contributed by atoms with Crippen molar-refractivity contribution in [2.45, 2.75) is 51.5 Å². The molecule has 0 saturated carbocycles. The minimum absolute atomic E-state index is 0.0736. The normalized spacial score (nSPS) is 15.1. The van der Waals surface area contributed by atoms with Crippen LogP contribution in [0.2, 0.25) is 5.02 Å². The van der Waals surface area contributed by atoms with Crippen LogP contribution in [-0.4, -0.2) is 36.9 Å². The van der Waals surface area contributed by atoms with E-state index in [1.807, 2.05) is 38.1 Å². The number of carboxylic acids is 1. The first-order valence-corrected chi connectivity index (χ1v) is 10.9. The van der Waals surface area contributed by atoms with E-state index in [9.17, 15) is 9.90 Å². The maximum absolute atomic E-state index is 11.4. The molecular weight excluding hydrogens is 400 g/mol. The van der Waals surface area contributed by atoms with Gasteiger partial charge in [-0.15, -0.1) is 0 Å². The number of carboxylic acid groups (broad SMARTS) is 1. The molecule has 0 atom stereocenters. The zero-order valence-corrected chi connectivity index (χ0v) is 18.7. The predicted molar refractivity (Wildman–Crippen MR) is 123 cm³/mol. The van der Waals surface area contributed by atoms with Crippen molar-refractivity contribution < 1.29 is 14.6 Å². The van der Waals surface area contributed by atoms with Crippen molar-refractivity contribution in [1.82, 2.24) is 0 Å². The molecule has 30 heavy (non-hydrogen) atoms. The average molecular weight is 431 g/mol. The molecule has 0 aliphatic carbocycles. The van der Waals surface area contributed by atoms with Crippen molar-refractivity contribution in [3.63, 3.8) is 0 Å². The van der Waals surface area contributed by atoms with E-state index in [0.717, 1.165) is 55.2 Å². The number of benzene rings is 2. The Bertz CT molecular complexity index is 861. The second-order valence-corrected chi connectivity index (χ2v) is 8.88. The van der Waals surface area contributed by atoms with Gasteiger partial charge < -0.3 is 20.1 Å². The lowest BCUT2D eigenvalue weighted by atomic mass is 9.81. The number of hydrogen-bond acceptors (Lipinski definition) is 4. The first kappa shape index (κ1) is 22.4. The highest BCUT2D eigenvalue weighted by atomic mass is 35.5. The summed E-state index contributed by atoms with van der Waals surface area (Å²) in [6.45, 7) is 8.56.